The van der Waals surface area contributed by atoms with E-state index in [4.69, 9.17) is 15.9 Å². The lowest BCUT2D eigenvalue weighted by molar-refractivity contribution is -0.385. The number of nitro benzene ring substituents is 1. The largest absolute Gasteiger partial charge is 0.480 e. The lowest BCUT2D eigenvalue weighted by Crippen LogP contribution is -2.31. The molecular weight excluding hydrogens is 294 g/mol. The van der Waals surface area contributed by atoms with Crippen LogP contribution in [0.5, 0.6) is 0 Å². The number of aliphatic hydroxyl groups excluding tert-OH is 1. The number of nitrogens with zero attached hydrogens (tertiary/aromatic N) is 1. The predicted octanol–water partition coefficient (Wildman–Crippen LogP) is 0.260. The highest BCUT2D eigenvalue weighted by Gasteiger charge is 2.16. The summed E-state index contributed by atoms with van der Waals surface area (Å²) in [6, 6.07) is 2.90. The van der Waals surface area contributed by atoms with Crippen LogP contribution in [-0.4, -0.2) is 39.7 Å². The van der Waals surface area contributed by atoms with Crippen LogP contribution >= 0.6 is 0 Å². The highest BCUT2D eigenvalue weighted by atomic mass is 16.6. The van der Waals surface area contributed by atoms with Crippen molar-refractivity contribution in [3.05, 3.63) is 33.9 Å². The number of amides is 1. The number of nitrogens with two attached hydrogens (primary N) is 1. The fraction of sp³-hybridized carbons (Fsp3) is 0.385. The van der Waals surface area contributed by atoms with Crippen LogP contribution in [-0.2, 0) is 16.0 Å². The number of aliphatic carboxylic acids is 1. The Hall–Kier alpha value is -2.52. The van der Waals surface area contributed by atoms with E-state index in [1.807, 2.05) is 0 Å². The third-order valence-electron chi connectivity index (χ3n) is 2.94. The summed E-state index contributed by atoms with van der Waals surface area (Å²) >= 11 is 0. The van der Waals surface area contributed by atoms with E-state index < -0.39 is 22.8 Å². The highest BCUT2D eigenvalue weighted by Crippen LogP contribution is 2.23. The first-order chi connectivity index (χ1) is 10.3. The van der Waals surface area contributed by atoms with Crippen molar-refractivity contribution in [1.82, 2.24) is 0 Å². The first kappa shape index (κ1) is 17.5. The van der Waals surface area contributed by atoms with E-state index in [1.54, 1.807) is 0 Å². The van der Waals surface area contributed by atoms with Gasteiger partial charge >= 0.3 is 5.97 Å². The summed E-state index contributed by atoms with van der Waals surface area (Å²) < 4.78 is 0. The van der Waals surface area contributed by atoms with Crippen molar-refractivity contribution in [3.63, 3.8) is 0 Å². The number of anilines is 1. The molecule has 1 atom stereocenters. The van der Waals surface area contributed by atoms with Gasteiger partial charge in [0, 0.05) is 36.8 Å². The molecule has 0 aliphatic rings. The number of aliphatic hydroxyl groups is 1. The van der Waals surface area contributed by atoms with Crippen LogP contribution in [0.4, 0.5) is 11.4 Å². The van der Waals surface area contributed by atoms with E-state index in [0.717, 1.165) is 0 Å². The molecule has 0 spiro atoms. The smallest absolute Gasteiger partial charge is 0.320 e. The number of carbonyl (C=O) groups is 2. The van der Waals surface area contributed by atoms with Crippen LogP contribution in [0, 0.1) is 10.1 Å². The van der Waals surface area contributed by atoms with Gasteiger partial charge in [-0.1, -0.05) is 0 Å². The summed E-state index contributed by atoms with van der Waals surface area (Å²) in [7, 11) is 0. The molecule has 120 valence electrons. The van der Waals surface area contributed by atoms with E-state index in [2.05, 4.69) is 5.32 Å². The van der Waals surface area contributed by atoms with Crippen molar-refractivity contribution in [2.75, 3.05) is 11.9 Å². The van der Waals surface area contributed by atoms with Gasteiger partial charge in [0.05, 0.1) is 4.92 Å². The van der Waals surface area contributed by atoms with Gasteiger partial charge in [-0.05, 0) is 18.6 Å². The molecule has 0 bridgehead atoms. The lowest BCUT2D eigenvalue weighted by Gasteiger charge is -2.09. The lowest BCUT2D eigenvalue weighted by atomic mass is 10.1. The fourth-order valence-corrected chi connectivity index (χ4v) is 1.80. The summed E-state index contributed by atoms with van der Waals surface area (Å²) in [4.78, 5) is 32.5. The van der Waals surface area contributed by atoms with Crippen molar-refractivity contribution in [3.8, 4) is 0 Å². The van der Waals surface area contributed by atoms with Crippen molar-refractivity contribution >= 4 is 23.3 Å². The van der Waals surface area contributed by atoms with E-state index in [1.165, 1.54) is 18.2 Å². The Morgan fingerprint density at radius 3 is 2.64 bits per heavy atom. The molecule has 5 N–H and O–H groups in total. The van der Waals surface area contributed by atoms with Crippen molar-refractivity contribution in [2.24, 2.45) is 5.73 Å². The van der Waals surface area contributed by atoms with E-state index in [-0.39, 0.29) is 31.6 Å². The van der Waals surface area contributed by atoms with Gasteiger partial charge in [-0.3, -0.25) is 19.7 Å². The van der Waals surface area contributed by atoms with Crippen LogP contribution in [0.25, 0.3) is 0 Å². The zero-order chi connectivity index (χ0) is 16.7. The van der Waals surface area contributed by atoms with Crippen molar-refractivity contribution in [1.29, 1.82) is 0 Å². The molecule has 0 aromatic heterocycles. The van der Waals surface area contributed by atoms with Crippen LogP contribution in [0.1, 0.15) is 18.4 Å². The normalized spacial score (nSPS) is 11.7. The molecule has 0 unspecified atom stereocenters. The molecule has 0 heterocycles. The number of carboxylic acids is 1. The molecule has 9 nitrogen and oxygen atoms in total. The summed E-state index contributed by atoms with van der Waals surface area (Å²) in [5, 5.41) is 30.9. The first-order valence-corrected chi connectivity index (χ1v) is 6.51. The average Bonchev–Trinajstić information content (AvgIpc) is 2.44. The maximum atomic E-state index is 11.7. The topological polar surface area (TPSA) is 156 Å². The Morgan fingerprint density at radius 2 is 2.09 bits per heavy atom. The second-order valence-electron chi connectivity index (χ2n) is 4.61. The van der Waals surface area contributed by atoms with Crippen LogP contribution < -0.4 is 11.1 Å². The molecular formula is C13H17N3O6. The molecule has 0 radical (unpaired) electrons. The van der Waals surface area contributed by atoms with Gasteiger partial charge in [0.25, 0.3) is 5.69 Å². The number of rotatable bonds is 8. The standard InChI is InChI=1S/C13H17N3O6/c14-10(13(19)20)2-4-12(18)15-9-1-3-11(16(21)22)8(7-9)5-6-17/h1,3,7,10,17H,2,4-6,14H2,(H,15,18)(H,19,20)/t10-/m0/s1. The van der Waals surface area contributed by atoms with Gasteiger partial charge in [0.2, 0.25) is 5.91 Å². The third kappa shape index (κ3) is 5.11. The molecule has 22 heavy (non-hydrogen) atoms. The van der Waals surface area contributed by atoms with Crippen LogP contribution in [0.2, 0.25) is 0 Å². The summed E-state index contributed by atoms with van der Waals surface area (Å²) in [5.74, 6) is -1.63. The average molecular weight is 311 g/mol. The zero-order valence-electron chi connectivity index (χ0n) is 11.7. The second kappa shape index (κ2) is 8.05. The van der Waals surface area contributed by atoms with Crippen LogP contribution in [0.3, 0.4) is 0 Å². The molecule has 1 rings (SSSR count). The van der Waals surface area contributed by atoms with E-state index in [0.29, 0.717) is 11.3 Å². The SMILES string of the molecule is N[C@@H](CCC(=O)Nc1ccc([N+](=O)[O-])c(CCO)c1)C(=O)O. The number of hydrogen-bond acceptors (Lipinski definition) is 6. The minimum Gasteiger partial charge on any atom is -0.480 e. The van der Waals surface area contributed by atoms with Gasteiger partial charge in [0.1, 0.15) is 6.04 Å². The number of nitro groups is 1. The molecule has 0 saturated carbocycles. The Morgan fingerprint density at radius 1 is 1.41 bits per heavy atom. The van der Waals surface area contributed by atoms with Gasteiger partial charge < -0.3 is 21.3 Å². The number of nitrogens with one attached hydrogen (secondary N) is 1. The molecule has 1 amide bonds. The van der Waals surface area contributed by atoms with Gasteiger partial charge in [-0.2, -0.15) is 0 Å². The molecule has 0 aliphatic carbocycles. The number of carboxylic acid groups (broad SMARTS) is 1. The van der Waals surface area contributed by atoms with E-state index >= 15 is 0 Å². The van der Waals surface area contributed by atoms with Crippen LogP contribution in [0.15, 0.2) is 18.2 Å². The Bertz CT molecular complexity index is 575. The Balaban J connectivity index is 2.73. The molecule has 1 aromatic carbocycles. The Labute approximate surface area is 125 Å². The molecule has 9 heteroatoms. The maximum absolute atomic E-state index is 11.7. The second-order valence-corrected chi connectivity index (χ2v) is 4.61. The molecule has 0 fully saturated rings. The fourth-order valence-electron chi connectivity index (χ4n) is 1.80. The molecule has 1 aromatic rings. The Kier molecular flexibility index (Phi) is 6.42. The van der Waals surface area contributed by atoms with E-state index in [9.17, 15) is 19.7 Å². The summed E-state index contributed by atoms with van der Waals surface area (Å²) in [6.07, 6.45) is -0.0126. The zero-order valence-corrected chi connectivity index (χ0v) is 11.7. The third-order valence-corrected chi connectivity index (χ3v) is 2.94. The molecule has 0 aliphatic heterocycles. The van der Waals surface area contributed by atoms with Crippen molar-refractivity contribution in [2.45, 2.75) is 25.3 Å². The number of carbonyl (C=O) groups excluding carboxylic acids is 1. The number of benzene rings is 1. The maximum Gasteiger partial charge on any atom is 0.320 e. The minimum atomic E-state index is -1.19. The monoisotopic (exact) mass is 311 g/mol. The predicted molar refractivity (Wildman–Crippen MR) is 77.4 cm³/mol. The van der Waals surface area contributed by atoms with Crippen molar-refractivity contribution < 1.29 is 24.7 Å². The van der Waals surface area contributed by atoms with Gasteiger partial charge in [-0.25, -0.2) is 0 Å². The quantitative estimate of drug-likeness (QED) is 0.396. The summed E-state index contributed by atoms with van der Waals surface area (Å²) in [5.41, 5.74) is 5.79. The molecule has 0 saturated heterocycles. The number of hydrogen-bond donors (Lipinski definition) is 4. The summed E-state index contributed by atoms with van der Waals surface area (Å²) in [6.45, 7) is -0.258. The van der Waals surface area contributed by atoms with Gasteiger partial charge in [-0.15, -0.1) is 0 Å². The first-order valence-electron chi connectivity index (χ1n) is 6.51. The van der Waals surface area contributed by atoms with Gasteiger partial charge in [0.15, 0.2) is 0 Å². The minimum absolute atomic E-state index is 0.0162. The highest BCUT2D eigenvalue weighted by molar-refractivity contribution is 5.91.